The Morgan fingerprint density at radius 2 is 1.81 bits per heavy atom. The van der Waals surface area contributed by atoms with Gasteiger partial charge in [-0.15, -0.1) is 0 Å². The van der Waals surface area contributed by atoms with Gasteiger partial charge in [0.25, 0.3) is 0 Å². The van der Waals surface area contributed by atoms with Crippen molar-refractivity contribution >= 4 is 33.3 Å². The number of ketones is 1. The van der Waals surface area contributed by atoms with Gasteiger partial charge in [0, 0.05) is 10.9 Å². The maximum Gasteiger partial charge on any atom is 0.238 e. The molecule has 0 saturated heterocycles. The lowest BCUT2D eigenvalue weighted by Crippen LogP contribution is -2.53. The number of halogens is 1. The summed E-state index contributed by atoms with van der Waals surface area (Å²) >= 11 is 3.44. The molecule has 1 aliphatic carbocycles. The molecule has 1 N–H and O–H groups in total. The van der Waals surface area contributed by atoms with Crippen LogP contribution in [0.15, 0.2) is 59.1 Å². The third kappa shape index (κ3) is 3.74. The highest BCUT2D eigenvalue weighted by Gasteiger charge is 2.45. The molecule has 136 valence electrons. The minimum Gasteiger partial charge on any atom is -0.324 e. The number of benzene rings is 2. The second-order valence-electron chi connectivity index (χ2n) is 6.74. The quantitative estimate of drug-likeness (QED) is 0.790. The first-order valence-corrected chi connectivity index (χ1v) is 9.68. The normalized spacial score (nSPS) is 20.2. The summed E-state index contributed by atoms with van der Waals surface area (Å²) in [6.07, 6.45) is 3.21. The second kappa shape index (κ2) is 8.14. The van der Waals surface area contributed by atoms with E-state index in [1.165, 1.54) is 0 Å². The third-order valence-electron chi connectivity index (χ3n) is 5.09. The Balaban J connectivity index is 1.82. The van der Waals surface area contributed by atoms with Crippen LogP contribution in [0, 0.1) is 0 Å². The lowest BCUT2D eigenvalue weighted by molar-refractivity contribution is -0.135. The molecule has 1 amide bonds. The molecular formula is C21H23BrN2O2. The average molecular weight is 415 g/mol. The summed E-state index contributed by atoms with van der Waals surface area (Å²) in [6.45, 7) is 0.155. The minimum atomic E-state index is -0.717. The van der Waals surface area contributed by atoms with E-state index in [-0.39, 0.29) is 18.2 Å². The van der Waals surface area contributed by atoms with Crippen molar-refractivity contribution in [1.82, 2.24) is 4.90 Å². The molecule has 0 aromatic heterocycles. The van der Waals surface area contributed by atoms with E-state index in [0.29, 0.717) is 6.42 Å². The zero-order chi connectivity index (χ0) is 18.6. The van der Waals surface area contributed by atoms with Crippen molar-refractivity contribution in [2.75, 3.05) is 18.9 Å². The first kappa shape index (κ1) is 18.8. The maximum absolute atomic E-state index is 13.0. The number of hydrogen-bond donors (Lipinski definition) is 1. The van der Waals surface area contributed by atoms with Crippen LogP contribution in [0.2, 0.25) is 0 Å². The van der Waals surface area contributed by atoms with Gasteiger partial charge in [-0.3, -0.25) is 14.5 Å². The van der Waals surface area contributed by atoms with Crippen molar-refractivity contribution in [2.24, 2.45) is 0 Å². The molecule has 0 heterocycles. The number of carbonyl (C=O) groups excluding carboxylic acids is 2. The number of Topliss-reactive ketones (excluding diaryl/α,β-unsaturated/α-hetero) is 1. The number of nitrogens with zero attached hydrogens (tertiary/aromatic N) is 1. The fraction of sp³-hybridized carbons (Fsp3) is 0.333. The molecule has 0 bridgehead atoms. The largest absolute Gasteiger partial charge is 0.324 e. The fourth-order valence-corrected chi connectivity index (χ4v) is 4.14. The predicted molar refractivity (Wildman–Crippen MR) is 107 cm³/mol. The summed E-state index contributed by atoms with van der Waals surface area (Å²) in [5, 5.41) is 2.92. The second-order valence-corrected chi connectivity index (χ2v) is 7.60. The molecular weight excluding hydrogens is 392 g/mol. The lowest BCUT2D eigenvalue weighted by atomic mass is 9.74. The SMILES string of the molecule is CN(CC(=O)Nc1ccccc1Br)[C@]1(c2ccccc2)CCCCC1=O. The van der Waals surface area contributed by atoms with E-state index >= 15 is 0 Å². The van der Waals surface area contributed by atoms with E-state index < -0.39 is 5.54 Å². The van der Waals surface area contributed by atoms with Gasteiger partial charge in [-0.2, -0.15) is 0 Å². The van der Waals surface area contributed by atoms with Gasteiger partial charge in [0.1, 0.15) is 5.54 Å². The van der Waals surface area contributed by atoms with Crippen molar-refractivity contribution < 1.29 is 9.59 Å². The van der Waals surface area contributed by atoms with E-state index in [4.69, 9.17) is 0 Å². The molecule has 0 radical (unpaired) electrons. The van der Waals surface area contributed by atoms with Crippen LogP contribution >= 0.6 is 15.9 Å². The molecule has 1 saturated carbocycles. The average Bonchev–Trinajstić information content (AvgIpc) is 2.65. The number of para-hydroxylation sites is 1. The van der Waals surface area contributed by atoms with Gasteiger partial charge < -0.3 is 5.32 Å². The summed E-state index contributed by atoms with van der Waals surface area (Å²) in [4.78, 5) is 27.5. The number of likely N-dealkylation sites (N-methyl/N-ethyl adjacent to an activating group) is 1. The number of anilines is 1. The molecule has 2 aromatic rings. The molecule has 4 nitrogen and oxygen atoms in total. The van der Waals surface area contributed by atoms with Gasteiger partial charge in [-0.25, -0.2) is 0 Å². The van der Waals surface area contributed by atoms with Gasteiger partial charge in [-0.05, 0) is 53.5 Å². The summed E-state index contributed by atoms with van der Waals surface area (Å²) in [5.41, 5.74) is 0.987. The number of hydrogen-bond acceptors (Lipinski definition) is 3. The third-order valence-corrected chi connectivity index (χ3v) is 5.78. The van der Waals surface area contributed by atoms with Crippen molar-refractivity contribution in [2.45, 2.75) is 31.2 Å². The Hall–Kier alpha value is -1.98. The summed E-state index contributed by atoms with van der Waals surface area (Å²) in [5.74, 6) is 0.0687. The molecule has 1 aliphatic rings. The van der Waals surface area contributed by atoms with Gasteiger partial charge in [0.05, 0.1) is 12.2 Å². The Morgan fingerprint density at radius 3 is 2.50 bits per heavy atom. The molecule has 5 heteroatoms. The molecule has 0 unspecified atom stereocenters. The zero-order valence-corrected chi connectivity index (χ0v) is 16.5. The van der Waals surface area contributed by atoms with E-state index in [1.807, 2.05) is 66.5 Å². The molecule has 1 fully saturated rings. The van der Waals surface area contributed by atoms with E-state index in [2.05, 4.69) is 21.2 Å². The minimum absolute atomic E-state index is 0.131. The summed E-state index contributed by atoms with van der Waals surface area (Å²) in [6, 6.07) is 17.3. The van der Waals surface area contributed by atoms with E-state index in [9.17, 15) is 9.59 Å². The number of rotatable bonds is 5. The van der Waals surface area contributed by atoms with E-state index in [0.717, 1.165) is 35.0 Å². The smallest absolute Gasteiger partial charge is 0.238 e. The van der Waals surface area contributed by atoms with Gasteiger partial charge in [0.2, 0.25) is 5.91 Å². The fourth-order valence-electron chi connectivity index (χ4n) is 3.76. The van der Waals surface area contributed by atoms with Crippen LogP contribution in [-0.2, 0) is 15.1 Å². The van der Waals surface area contributed by atoms with Crippen LogP contribution in [-0.4, -0.2) is 30.2 Å². The standard InChI is InChI=1S/C21H23BrN2O2/c1-24(15-20(26)23-18-12-6-5-11-17(18)22)21(14-8-7-13-19(21)25)16-9-3-2-4-10-16/h2-6,9-12H,7-8,13-15H2,1H3,(H,23,26)/t21-/m0/s1. The van der Waals surface area contributed by atoms with Crippen molar-refractivity contribution in [1.29, 1.82) is 0 Å². The lowest BCUT2D eigenvalue weighted by Gasteiger charge is -2.43. The molecule has 3 rings (SSSR count). The Morgan fingerprint density at radius 1 is 1.12 bits per heavy atom. The van der Waals surface area contributed by atoms with Crippen molar-refractivity contribution in [3.63, 3.8) is 0 Å². The van der Waals surface area contributed by atoms with Crippen LogP contribution in [0.25, 0.3) is 0 Å². The van der Waals surface area contributed by atoms with Crippen molar-refractivity contribution in [3.05, 3.63) is 64.6 Å². The van der Waals surface area contributed by atoms with Gasteiger partial charge >= 0.3 is 0 Å². The highest BCUT2D eigenvalue weighted by atomic mass is 79.9. The molecule has 26 heavy (non-hydrogen) atoms. The highest BCUT2D eigenvalue weighted by molar-refractivity contribution is 9.10. The summed E-state index contributed by atoms with van der Waals surface area (Å²) in [7, 11) is 1.87. The molecule has 2 aromatic carbocycles. The van der Waals surface area contributed by atoms with E-state index in [1.54, 1.807) is 0 Å². The topological polar surface area (TPSA) is 49.4 Å². The van der Waals surface area contributed by atoms with Crippen LogP contribution in [0.3, 0.4) is 0 Å². The number of carbonyl (C=O) groups is 2. The monoisotopic (exact) mass is 414 g/mol. The maximum atomic E-state index is 13.0. The van der Waals surface area contributed by atoms with Crippen molar-refractivity contribution in [3.8, 4) is 0 Å². The predicted octanol–water partition coefficient (Wildman–Crippen LogP) is 4.36. The Labute approximate surface area is 162 Å². The zero-order valence-electron chi connectivity index (χ0n) is 14.9. The molecule has 0 aliphatic heterocycles. The first-order valence-electron chi connectivity index (χ1n) is 8.88. The Kier molecular flexibility index (Phi) is 5.89. The summed E-state index contributed by atoms with van der Waals surface area (Å²) < 4.78 is 0.836. The molecule has 1 atom stereocenters. The number of nitrogens with one attached hydrogen (secondary N) is 1. The Bertz CT molecular complexity index is 794. The first-order chi connectivity index (χ1) is 12.5. The van der Waals surface area contributed by atoms with Crippen LogP contribution in [0.4, 0.5) is 5.69 Å². The van der Waals surface area contributed by atoms with Crippen LogP contribution in [0.5, 0.6) is 0 Å². The highest BCUT2D eigenvalue weighted by Crippen LogP contribution is 2.39. The van der Waals surface area contributed by atoms with Gasteiger partial charge in [-0.1, -0.05) is 48.9 Å². The number of amides is 1. The van der Waals surface area contributed by atoms with Gasteiger partial charge in [0.15, 0.2) is 5.78 Å². The van der Waals surface area contributed by atoms with Crippen LogP contribution < -0.4 is 5.32 Å². The molecule has 0 spiro atoms. The van der Waals surface area contributed by atoms with Crippen LogP contribution in [0.1, 0.15) is 31.2 Å².